The molecule has 0 aliphatic heterocycles. The van der Waals surface area contributed by atoms with Gasteiger partial charge in [0.1, 0.15) is 12.4 Å². The highest BCUT2D eigenvalue weighted by molar-refractivity contribution is 5.94. The average molecular weight is 367 g/mol. The van der Waals surface area contributed by atoms with Gasteiger partial charge in [-0.3, -0.25) is 4.98 Å². The smallest absolute Gasteiger partial charge is 0.216 e. The molecule has 0 spiro atoms. The molecular formula is C22H26FN3O. The highest BCUT2D eigenvalue weighted by atomic mass is 19.1. The van der Waals surface area contributed by atoms with Gasteiger partial charge in [0.25, 0.3) is 0 Å². The normalized spacial score (nSPS) is 13.7. The van der Waals surface area contributed by atoms with Gasteiger partial charge in [0.05, 0.1) is 5.52 Å². The molecule has 0 bridgehead atoms. The summed E-state index contributed by atoms with van der Waals surface area (Å²) >= 11 is 0. The van der Waals surface area contributed by atoms with E-state index in [0.717, 1.165) is 28.5 Å². The van der Waals surface area contributed by atoms with Gasteiger partial charge in [-0.25, -0.2) is 9.37 Å². The zero-order valence-corrected chi connectivity index (χ0v) is 16.3. The number of aromatic nitrogens is 2. The maximum atomic E-state index is 13.5. The van der Waals surface area contributed by atoms with Crippen LogP contribution in [0, 0.1) is 18.7 Å². The largest absolute Gasteiger partial charge is 0.476 e. The lowest BCUT2D eigenvalue weighted by atomic mass is 9.93. The molecule has 1 aromatic carbocycles. The molecule has 27 heavy (non-hydrogen) atoms. The quantitative estimate of drug-likeness (QED) is 0.674. The summed E-state index contributed by atoms with van der Waals surface area (Å²) in [7, 11) is 0. The number of rotatable bonds is 6. The summed E-state index contributed by atoms with van der Waals surface area (Å²) in [4.78, 5) is 8.74. The van der Waals surface area contributed by atoms with Crippen molar-refractivity contribution in [3.05, 3.63) is 54.1 Å². The minimum absolute atomic E-state index is 0.295. The lowest BCUT2D eigenvalue weighted by Crippen LogP contribution is -2.43. The molecular weight excluding hydrogens is 341 g/mol. The number of nitrogens with zero attached hydrogens (tertiary/aromatic N) is 2. The molecule has 2 heterocycles. The summed E-state index contributed by atoms with van der Waals surface area (Å²) in [6.45, 7) is 8.67. The van der Waals surface area contributed by atoms with Gasteiger partial charge in [0.2, 0.25) is 5.88 Å². The fraction of sp³-hybridized carbons (Fsp3) is 0.364. The van der Waals surface area contributed by atoms with Gasteiger partial charge in [-0.15, -0.1) is 0 Å². The molecule has 0 saturated heterocycles. The molecule has 1 unspecified atom stereocenters. The Labute approximate surface area is 159 Å². The molecule has 2 aromatic heterocycles. The fourth-order valence-electron chi connectivity index (χ4n) is 3.46. The highest BCUT2D eigenvalue weighted by Crippen LogP contribution is 2.30. The SMILES string of the molecule is Cc1cc(-c2ccnc3cc(F)ccc23)cnc1OCC(C)(N)CC(C)C. The minimum Gasteiger partial charge on any atom is -0.476 e. The highest BCUT2D eigenvalue weighted by Gasteiger charge is 2.21. The van der Waals surface area contributed by atoms with Crippen LogP contribution in [0.2, 0.25) is 0 Å². The van der Waals surface area contributed by atoms with Crippen molar-refractivity contribution in [1.82, 2.24) is 9.97 Å². The molecule has 0 aliphatic carbocycles. The van der Waals surface area contributed by atoms with Crippen molar-refractivity contribution in [2.24, 2.45) is 11.7 Å². The van der Waals surface area contributed by atoms with Crippen LogP contribution in [0.3, 0.4) is 0 Å². The van der Waals surface area contributed by atoms with Crippen LogP contribution in [-0.2, 0) is 0 Å². The lowest BCUT2D eigenvalue weighted by molar-refractivity contribution is 0.199. The van der Waals surface area contributed by atoms with E-state index < -0.39 is 5.54 Å². The fourth-order valence-corrected chi connectivity index (χ4v) is 3.46. The van der Waals surface area contributed by atoms with E-state index >= 15 is 0 Å². The molecule has 0 radical (unpaired) electrons. The van der Waals surface area contributed by atoms with Crippen LogP contribution in [0.1, 0.15) is 32.8 Å². The van der Waals surface area contributed by atoms with Crippen LogP contribution < -0.4 is 10.5 Å². The Morgan fingerprint density at radius 3 is 2.67 bits per heavy atom. The summed E-state index contributed by atoms with van der Waals surface area (Å²) in [6, 6.07) is 8.57. The molecule has 3 rings (SSSR count). The molecule has 0 saturated carbocycles. The maximum Gasteiger partial charge on any atom is 0.216 e. The third-order valence-electron chi connectivity index (χ3n) is 4.46. The Hall–Kier alpha value is -2.53. The first-order valence-corrected chi connectivity index (χ1v) is 9.18. The molecule has 1 atom stereocenters. The van der Waals surface area contributed by atoms with Gasteiger partial charge in [0.15, 0.2) is 0 Å². The summed E-state index contributed by atoms with van der Waals surface area (Å²) in [5.74, 6) is 0.796. The van der Waals surface area contributed by atoms with Gasteiger partial charge < -0.3 is 10.5 Å². The van der Waals surface area contributed by atoms with Crippen molar-refractivity contribution in [3.63, 3.8) is 0 Å². The molecule has 2 N–H and O–H groups in total. The molecule has 0 aliphatic rings. The second kappa shape index (κ2) is 7.61. The lowest BCUT2D eigenvalue weighted by Gasteiger charge is -2.26. The maximum absolute atomic E-state index is 13.5. The average Bonchev–Trinajstić information content (AvgIpc) is 2.58. The van der Waals surface area contributed by atoms with E-state index in [1.165, 1.54) is 12.1 Å². The van der Waals surface area contributed by atoms with Crippen LogP contribution in [-0.4, -0.2) is 22.1 Å². The summed E-state index contributed by atoms with van der Waals surface area (Å²) < 4.78 is 19.4. The Morgan fingerprint density at radius 2 is 1.96 bits per heavy atom. The van der Waals surface area contributed by atoms with Crippen LogP contribution >= 0.6 is 0 Å². The molecule has 0 fully saturated rings. The number of hydrogen-bond donors (Lipinski definition) is 1. The third kappa shape index (κ3) is 4.61. The summed E-state index contributed by atoms with van der Waals surface area (Å²) in [5, 5.41) is 0.889. The predicted octanol–water partition coefficient (Wildman–Crippen LogP) is 4.89. The third-order valence-corrected chi connectivity index (χ3v) is 4.46. The number of hydrogen-bond acceptors (Lipinski definition) is 4. The Morgan fingerprint density at radius 1 is 1.19 bits per heavy atom. The first-order valence-electron chi connectivity index (χ1n) is 9.18. The Kier molecular flexibility index (Phi) is 5.42. The van der Waals surface area contributed by atoms with Crippen molar-refractivity contribution in [2.45, 2.75) is 39.7 Å². The van der Waals surface area contributed by atoms with Gasteiger partial charge in [0, 0.05) is 40.5 Å². The second-order valence-electron chi connectivity index (χ2n) is 7.91. The number of benzene rings is 1. The topological polar surface area (TPSA) is 61.0 Å². The zero-order chi connectivity index (χ0) is 19.6. The second-order valence-corrected chi connectivity index (χ2v) is 7.91. The molecule has 3 aromatic rings. The molecule has 5 heteroatoms. The van der Waals surface area contributed by atoms with E-state index in [1.54, 1.807) is 18.5 Å². The number of aryl methyl sites for hydroxylation is 1. The van der Waals surface area contributed by atoms with Crippen LogP contribution in [0.4, 0.5) is 4.39 Å². The van der Waals surface area contributed by atoms with Crippen molar-refractivity contribution in [1.29, 1.82) is 0 Å². The van der Waals surface area contributed by atoms with E-state index in [4.69, 9.17) is 10.5 Å². The van der Waals surface area contributed by atoms with E-state index in [1.807, 2.05) is 26.0 Å². The summed E-state index contributed by atoms with van der Waals surface area (Å²) in [5.41, 5.74) is 9.38. The van der Waals surface area contributed by atoms with Crippen molar-refractivity contribution in [2.75, 3.05) is 6.61 Å². The van der Waals surface area contributed by atoms with Crippen LogP contribution in [0.15, 0.2) is 42.7 Å². The van der Waals surface area contributed by atoms with Crippen molar-refractivity contribution < 1.29 is 9.13 Å². The molecule has 0 amide bonds. The van der Waals surface area contributed by atoms with Crippen LogP contribution in [0.25, 0.3) is 22.0 Å². The first-order chi connectivity index (χ1) is 12.7. The molecule has 4 nitrogen and oxygen atoms in total. The van der Waals surface area contributed by atoms with Crippen LogP contribution in [0.5, 0.6) is 5.88 Å². The minimum atomic E-state index is -0.396. The van der Waals surface area contributed by atoms with Gasteiger partial charge in [-0.05, 0) is 56.0 Å². The Balaban J connectivity index is 1.85. The first kappa shape index (κ1) is 19.2. The van der Waals surface area contributed by atoms with Gasteiger partial charge in [-0.1, -0.05) is 13.8 Å². The van der Waals surface area contributed by atoms with E-state index in [-0.39, 0.29) is 5.82 Å². The number of halogens is 1. The number of pyridine rings is 2. The molecule has 142 valence electrons. The number of ether oxygens (including phenoxy) is 1. The van der Waals surface area contributed by atoms with E-state index in [9.17, 15) is 4.39 Å². The summed E-state index contributed by atoms with van der Waals surface area (Å²) in [6.07, 6.45) is 4.34. The monoisotopic (exact) mass is 367 g/mol. The van der Waals surface area contributed by atoms with Gasteiger partial charge in [-0.2, -0.15) is 0 Å². The standard InChI is InChI=1S/C22H26FN3O/c1-14(2)11-22(4,24)13-27-21-15(3)9-16(12-26-21)18-7-8-25-20-10-17(23)5-6-19(18)20/h5-10,12,14H,11,13,24H2,1-4H3. The van der Waals surface area contributed by atoms with E-state index in [0.29, 0.717) is 23.9 Å². The van der Waals surface area contributed by atoms with Gasteiger partial charge >= 0.3 is 0 Å². The zero-order valence-electron chi connectivity index (χ0n) is 16.3. The number of fused-ring (bicyclic) bond motifs is 1. The van der Waals surface area contributed by atoms with Crippen molar-refractivity contribution >= 4 is 10.9 Å². The number of nitrogens with two attached hydrogens (primary N) is 1. The Bertz CT molecular complexity index is 953. The van der Waals surface area contributed by atoms with Crippen molar-refractivity contribution in [3.8, 4) is 17.0 Å². The van der Waals surface area contributed by atoms with E-state index in [2.05, 4.69) is 23.8 Å². The predicted molar refractivity (Wildman–Crippen MR) is 107 cm³/mol.